The van der Waals surface area contributed by atoms with Gasteiger partial charge in [0.2, 0.25) is 0 Å². The van der Waals surface area contributed by atoms with Crippen LogP contribution in [-0.2, 0) is 9.53 Å². The van der Waals surface area contributed by atoms with Gasteiger partial charge in [-0.2, -0.15) is 0 Å². The van der Waals surface area contributed by atoms with E-state index in [4.69, 9.17) is 10.3 Å². The topological polar surface area (TPSA) is 87.1 Å². The first-order valence-corrected chi connectivity index (χ1v) is 7.03. The number of methoxy groups -OCH3 is 1. The van der Waals surface area contributed by atoms with Gasteiger partial charge in [0.25, 0.3) is 0 Å². The van der Waals surface area contributed by atoms with E-state index in [2.05, 4.69) is 22.3 Å². The molecule has 108 valence electrons. The molecule has 1 aliphatic carbocycles. The van der Waals surface area contributed by atoms with Crippen molar-refractivity contribution in [1.29, 1.82) is 0 Å². The normalized spacial score (nSPS) is 26.5. The minimum atomic E-state index is -0.579. The summed E-state index contributed by atoms with van der Waals surface area (Å²) < 4.78 is 4.94. The van der Waals surface area contributed by atoms with Gasteiger partial charge in [0.15, 0.2) is 0 Å². The van der Waals surface area contributed by atoms with E-state index in [-0.39, 0.29) is 5.97 Å². The number of esters is 1. The Morgan fingerprint density at radius 3 is 2.74 bits per heavy atom. The number of carbonyl (C=O) groups is 1. The molecule has 0 saturated heterocycles. The van der Waals surface area contributed by atoms with Crippen LogP contribution in [0.25, 0.3) is 10.4 Å². The molecule has 6 nitrogen and oxygen atoms in total. The quantitative estimate of drug-likeness (QED) is 0.253. The maximum absolute atomic E-state index is 12.0. The molecule has 0 bridgehead atoms. The molecule has 0 heterocycles. The number of nitrogens with one attached hydrogen (secondary N) is 1. The van der Waals surface area contributed by atoms with Gasteiger partial charge in [0, 0.05) is 18.0 Å². The second-order valence-corrected chi connectivity index (χ2v) is 5.19. The lowest BCUT2D eigenvalue weighted by Crippen LogP contribution is -2.55. The van der Waals surface area contributed by atoms with Crippen LogP contribution in [-0.4, -0.2) is 31.7 Å². The number of carbonyl (C=O) groups excluding carboxylic acids is 1. The summed E-state index contributed by atoms with van der Waals surface area (Å²) in [5, 5.41) is 6.73. The first-order chi connectivity index (χ1) is 9.18. The third-order valence-corrected chi connectivity index (χ3v) is 3.97. The Morgan fingerprint density at radius 1 is 1.53 bits per heavy atom. The van der Waals surface area contributed by atoms with Gasteiger partial charge in [-0.25, -0.2) is 0 Å². The zero-order chi connectivity index (χ0) is 14.1. The van der Waals surface area contributed by atoms with E-state index in [1.165, 1.54) is 20.0 Å². The summed E-state index contributed by atoms with van der Waals surface area (Å²) in [5.41, 5.74) is 7.68. The summed E-state index contributed by atoms with van der Waals surface area (Å²) in [6, 6.07) is 0. The maximum Gasteiger partial charge on any atom is 0.326 e. The van der Waals surface area contributed by atoms with E-state index in [1.807, 2.05) is 0 Å². The van der Waals surface area contributed by atoms with E-state index in [9.17, 15) is 4.79 Å². The zero-order valence-corrected chi connectivity index (χ0v) is 11.9. The van der Waals surface area contributed by atoms with Crippen molar-refractivity contribution in [1.82, 2.24) is 5.32 Å². The lowest BCUT2D eigenvalue weighted by molar-refractivity contribution is -0.150. The van der Waals surface area contributed by atoms with Crippen molar-refractivity contribution < 1.29 is 9.53 Å². The van der Waals surface area contributed by atoms with Crippen LogP contribution in [0.1, 0.15) is 45.4 Å². The smallest absolute Gasteiger partial charge is 0.326 e. The monoisotopic (exact) mass is 268 g/mol. The van der Waals surface area contributed by atoms with Crippen molar-refractivity contribution in [3.8, 4) is 0 Å². The molecule has 0 spiro atoms. The summed E-state index contributed by atoms with van der Waals surface area (Å²) in [7, 11) is 1.43. The lowest BCUT2D eigenvalue weighted by Gasteiger charge is -2.38. The number of hydrogen-bond donors (Lipinski definition) is 1. The summed E-state index contributed by atoms with van der Waals surface area (Å²) >= 11 is 0. The van der Waals surface area contributed by atoms with Gasteiger partial charge in [0.1, 0.15) is 5.54 Å². The largest absolute Gasteiger partial charge is 0.468 e. The van der Waals surface area contributed by atoms with Crippen molar-refractivity contribution in [3.05, 3.63) is 10.4 Å². The predicted octanol–water partition coefficient (Wildman–Crippen LogP) is 2.79. The Kier molecular flexibility index (Phi) is 6.67. The molecule has 0 aromatic rings. The van der Waals surface area contributed by atoms with Gasteiger partial charge in [-0.05, 0) is 37.1 Å². The predicted molar refractivity (Wildman–Crippen MR) is 73.6 cm³/mol. The molecular formula is C13H24N4O2. The summed E-state index contributed by atoms with van der Waals surface area (Å²) in [5.74, 6) is 0.532. The van der Waals surface area contributed by atoms with E-state index in [1.54, 1.807) is 0 Å². The Hall–Kier alpha value is -1.26. The minimum Gasteiger partial charge on any atom is -0.468 e. The van der Waals surface area contributed by atoms with Crippen LogP contribution in [0, 0.1) is 5.92 Å². The third-order valence-electron chi connectivity index (χ3n) is 3.97. The molecule has 0 aromatic heterocycles. The molecule has 19 heavy (non-hydrogen) atoms. The Bertz CT molecular complexity index is 332. The molecule has 0 amide bonds. The van der Waals surface area contributed by atoms with Crippen molar-refractivity contribution in [2.75, 3.05) is 20.2 Å². The second kappa shape index (κ2) is 8.02. The molecule has 1 fully saturated rings. The molecule has 0 unspecified atom stereocenters. The van der Waals surface area contributed by atoms with Gasteiger partial charge in [-0.3, -0.25) is 4.79 Å². The highest BCUT2D eigenvalue weighted by molar-refractivity contribution is 5.80. The Balaban J connectivity index is 2.57. The van der Waals surface area contributed by atoms with Crippen LogP contribution in [0.3, 0.4) is 0 Å². The average molecular weight is 268 g/mol. The molecule has 1 rings (SSSR count). The number of hydrogen-bond acceptors (Lipinski definition) is 4. The van der Waals surface area contributed by atoms with Gasteiger partial charge in [-0.1, -0.05) is 24.9 Å². The molecule has 1 aliphatic rings. The molecular weight excluding hydrogens is 244 g/mol. The fourth-order valence-corrected chi connectivity index (χ4v) is 2.91. The van der Waals surface area contributed by atoms with E-state index < -0.39 is 5.54 Å². The van der Waals surface area contributed by atoms with Crippen molar-refractivity contribution in [2.45, 2.75) is 51.0 Å². The van der Waals surface area contributed by atoms with Gasteiger partial charge >= 0.3 is 5.97 Å². The summed E-state index contributed by atoms with van der Waals surface area (Å²) in [6.45, 7) is 3.06. The van der Waals surface area contributed by atoms with Gasteiger partial charge in [-0.15, -0.1) is 0 Å². The van der Waals surface area contributed by atoms with Crippen LogP contribution in [0.5, 0.6) is 0 Å². The fourth-order valence-electron chi connectivity index (χ4n) is 2.91. The Labute approximate surface area is 114 Å². The molecule has 1 saturated carbocycles. The van der Waals surface area contributed by atoms with Crippen molar-refractivity contribution in [3.63, 3.8) is 0 Å². The number of rotatable bonds is 7. The molecule has 0 aromatic carbocycles. The van der Waals surface area contributed by atoms with Crippen LogP contribution in [0.2, 0.25) is 0 Å². The first-order valence-electron chi connectivity index (χ1n) is 7.03. The van der Waals surface area contributed by atoms with E-state index >= 15 is 0 Å². The number of ether oxygens (including phenoxy) is 1. The molecule has 0 atom stereocenters. The summed E-state index contributed by atoms with van der Waals surface area (Å²) in [6.07, 6.45) is 6.15. The molecule has 0 aliphatic heterocycles. The number of nitrogens with zero attached hydrogens (tertiary/aromatic N) is 3. The summed E-state index contributed by atoms with van der Waals surface area (Å²) in [4.78, 5) is 14.7. The standard InChI is InChI=1S/C13H24N4O2/c1-3-4-11-5-7-13(8-6-11,12(18)19-2)15-9-10-16-17-14/h11,15H,3-10H2,1-2H3. The van der Waals surface area contributed by atoms with Crippen LogP contribution < -0.4 is 5.32 Å². The first kappa shape index (κ1) is 15.8. The average Bonchev–Trinajstić information content (AvgIpc) is 2.45. The van der Waals surface area contributed by atoms with E-state index in [0.29, 0.717) is 13.1 Å². The van der Waals surface area contributed by atoms with E-state index in [0.717, 1.165) is 31.6 Å². The third kappa shape index (κ3) is 4.40. The fraction of sp³-hybridized carbons (Fsp3) is 0.923. The van der Waals surface area contributed by atoms with Gasteiger partial charge in [0.05, 0.1) is 7.11 Å². The second-order valence-electron chi connectivity index (χ2n) is 5.19. The van der Waals surface area contributed by atoms with Crippen LogP contribution in [0.4, 0.5) is 0 Å². The van der Waals surface area contributed by atoms with Crippen LogP contribution >= 0.6 is 0 Å². The maximum atomic E-state index is 12.0. The highest BCUT2D eigenvalue weighted by Crippen LogP contribution is 2.35. The van der Waals surface area contributed by atoms with Gasteiger partial charge < -0.3 is 10.1 Å². The van der Waals surface area contributed by atoms with Crippen molar-refractivity contribution >= 4 is 5.97 Å². The zero-order valence-electron chi connectivity index (χ0n) is 11.9. The highest BCUT2D eigenvalue weighted by atomic mass is 16.5. The van der Waals surface area contributed by atoms with Crippen molar-refractivity contribution in [2.24, 2.45) is 11.0 Å². The van der Waals surface area contributed by atoms with Crippen LogP contribution in [0.15, 0.2) is 5.11 Å². The molecule has 1 N–H and O–H groups in total. The highest BCUT2D eigenvalue weighted by Gasteiger charge is 2.41. The minimum absolute atomic E-state index is 0.191. The number of azide groups is 1. The molecule has 0 radical (unpaired) electrons. The lowest BCUT2D eigenvalue weighted by atomic mass is 9.75. The molecule has 6 heteroatoms. The Morgan fingerprint density at radius 2 is 2.21 bits per heavy atom. The SMILES string of the molecule is CCCC1CCC(NCCN=[N+]=[N-])(C(=O)OC)CC1.